The number of halogens is 2. The molecule has 0 saturated carbocycles. The highest BCUT2D eigenvalue weighted by Crippen LogP contribution is 2.15. The second kappa shape index (κ2) is 5.68. The van der Waals surface area contributed by atoms with Gasteiger partial charge in [0.25, 0.3) is 0 Å². The van der Waals surface area contributed by atoms with Gasteiger partial charge in [0.2, 0.25) is 5.91 Å². The molecule has 0 aliphatic heterocycles. The van der Waals surface area contributed by atoms with Crippen molar-refractivity contribution in [1.29, 1.82) is 0 Å². The lowest BCUT2D eigenvalue weighted by Crippen LogP contribution is -2.32. The number of benzene rings is 1. The Morgan fingerprint density at radius 3 is 2.67 bits per heavy atom. The van der Waals surface area contributed by atoms with Crippen molar-refractivity contribution in [2.24, 2.45) is 5.73 Å². The molecule has 1 rings (SSSR count). The number of hydrogen-bond donors (Lipinski definition) is 2. The Hall–Kier alpha value is -1.13. The molecular weight excluding hydrogens is 219 g/mol. The lowest BCUT2D eigenvalue weighted by atomic mass is 10.2. The molecule has 1 atom stereocenters. The molecule has 3 N–H and O–H groups in total. The van der Waals surface area contributed by atoms with E-state index in [0.29, 0.717) is 5.69 Å². The van der Waals surface area contributed by atoms with Gasteiger partial charge in [-0.05, 0) is 31.5 Å². The Bertz CT molecular complexity index is 355. The van der Waals surface area contributed by atoms with Crippen LogP contribution in [0.3, 0.4) is 0 Å². The van der Waals surface area contributed by atoms with Crippen LogP contribution in [-0.4, -0.2) is 11.9 Å². The first-order valence-corrected chi connectivity index (χ1v) is 4.33. The molecule has 0 radical (unpaired) electrons. The summed E-state index contributed by atoms with van der Waals surface area (Å²) < 4.78 is 12.8. The van der Waals surface area contributed by atoms with Crippen molar-refractivity contribution >= 4 is 24.0 Å². The van der Waals surface area contributed by atoms with Gasteiger partial charge in [0.05, 0.1) is 6.04 Å². The number of nitrogens with two attached hydrogens (primary N) is 1. The molecular formula is C10H14ClFN2O. The highest BCUT2D eigenvalue weighted by molar-refractivity contribution is 5.94. The fourth-order valence-corrected chi connectivity index (χ4v) is 0.975. The van der Waals surface area contributed by atoms with Crippen LogP contribution in [0.2, 0.25) is 0 Å². The van der Waals surface area contributed by atoms with Gasteiger partial charge in [-0.15, -0.1) is 12.4 Å². The van der Waals surface area contributed by atoms with Crippen molar-refractivity contribution in [3.8, 4) is 0 Å². The SMILES string of the molecule is Cc1ccc(F)cc1NC(=O)[C@@H](C)N.Cl. The number of carbonyl (C=O) groups is 1. The van der Waals surface area contributed by atoms with Gasteiger partial charge >= 0.3 is 0 Å². The average molecular weight is 233 g/mol. The van der Waals surface area contributed by atoms with Crippen LogP contribution in [0.4, 0.5) is 10.1 Å². The first-order valence-electron chi connectivity index (χ1n) is 4.33. The van der Waals surface area contributed by atoms with Gasteiger partial charge in [-0.25, -0.2) is 4.39 Å². The Morgan fingerprint density at radius 1 is 1.53 bits per heavy atom. The smallest absolute Gasteiger partial charge is 0.241 e. The quantitative estimate of drug-likeness (QED) is 0.818. The number of carbonyl (C=O) groups excluding carboxylic acids is 1. The molecule has 0 aliphatic carbocycles. The number of amides is 1. The first kappa shape index (κ1) is 13.9. The van der Waals surface area contributed by atoms with Gasteiger partial charge in [0.1, 0.15) is 5.82 Å². The molecule has 0 aliphatic rings. The van der Waals surface area contributed by atoms with Crippen molar-refractivity contribution in [1.82, 2.24) is 0 Å². The van der Waals surface area contributed by atoms with Crippen LogP contribution in [0.1, 0.15) is 12.5 Å². The Balaban J connectivity index is 0.00000196. The van der Waals surface area contributed by atoms with E-state index in [1.165, 1.54) is 12.1 Å². The molecule has 0 bridgehead atoms. The largest absolute Gasteiger partial charge is 0.324 e. The van der Waals surface area contributed by atoms with E-state index in [2.05, 4.69) is 5.32 Å². The lowest BCUT2D eigenvalue weighted by molar-refractivity contribution is -0.117. The zero-order valence-corrected chi connectivity index (χ0v) is 9.40. The maximum Gasteiger partial charge on any atom is 0.241 e. The number of anilines is 1. The summed E-state index contributed by atoms with van der Waals surface area (Å²) in [6.07, 6.45) is 0. The van der Waals surface area contributed by atoms with Crippen LogP contribution in [-0.2, 0) is 4.79 Å². The molecule has 1 amide bonds. The normalized spacial score (nSPS) is 11.5. The highest BCUT2D eigenvalue weighted by atomic mass is 35.5. The van der Waals surface area contributed by atoms with E-state index in [9.17, 15) is 9.18 Å². The zero-order chi connectivity index (χ0) is 10.7. The summed E-state index contributed by atoms with van der Waals surface area (Å²) >= 11 is 0. The van der Waals surface area contributed by atoms with Crippen LogP contribution in [0.15, 0.2) is 18.2 Å². The molecule has 0 fully saturated rings. The Labute approximate surface area is 94.3 Å². The van der Waals surface area contributed by atoms with Crippen molar-refractivity contribution in [2.45, 2.75) is 19.9 Å². The third-order valence-corrected chi connectivity index (χ3v) is 1.87. The van der Waals surface area contributed by atoms with Gasteiger partial charge in [0, 0.05) is 5.69 Å². The van der Waals surface area contributed by atoms with E-state index in [0.717, 1.165) is 5.56 Å². The van der Waals surface area contributed by atoms with Crippen molar-refractivity contribution in [2.75, 3.05) is 5.32 Å². The third kappa shape index (κ3) is 3.85. The van der Waals surface area contributed by atoms with Crippen LogP contribution >= 0.6 is 12.4 Å². The van der Waals surface area contributed by atoms with E-state index < -0.39 is 6.04 Å². The van der Waals surface area contributed by atoms with Gasteiger partial charge < -0.3 is 11.1 Å². The Kier molecular flexibility index (Phi) is 5.25. The molecule has 5 heteroatoms. The maximum absolute atomic E-state index is 12.8. The summed E-state index contributed by atoms with van der Waals surface area (Å²) in [6.45, 7) is 3.36. The summed E-state index contributed by atoms with van der Waals surface area (Å²) in [4.78, 5) is 11.2. The van der Waals surface area contributed by atoms with Gasteiger partial charge in [-0.2, -0.15) is 0 Å². The predicted octanol–water partition coefficient (Wildman–Crippen LogP) is 1.84. The molecule has 1 aromatic rings. The van der Waals surface area contributed by atoms with Gasteiger partial charge in [-0.1, -0.05) is 6.07 Å². The highest BCUT2D eigenvalue weighted by Gasteiger charge is 2.09. The minimum atomic E-state index is -0.599. The summed E-state index contributed by atoms with van der Waals surface area (Å²) in [6, 6.07) is 3.62. The maximum atomic E-state index is 12.8. The molecule has 84 valence electrons. The summed E-state index contributed by atoms with van der Waals surface area (Å²) in [5.74, 6) is -0.700. The van der Waals surface area contributed by atoms with Crippen LogP contribution in [0.25, 0.3) is 0 Å². The number of nitrogens with one attached hydrogen (secondary N) is 1. The van der Waals surface area contributed by atoms with Crippen LogP contribution in [0.5, 0.6) is 0 Å². The fraction of sp³-hybridized carbons (Fsp3) is 0.300. The average Bonchev–Trinajstić information content (AvgIpc) is 2.11. The molecule has 1 aromatic carbocycles. The summed E-state index contributed by atoms with van der Waals surface area (Å²) in [7, 11) is 0. The standard InChI is InChI=1S/C10H13FN2O.ClH/c1-6-3-4-8(11)5-9(6)13-10(14)7(2)12;/h3-5,7H,12H2,1-2H3,(H,13,14);1H/t7-;/m1./s1. The lowest BCUT2D eigenvalue weighted by Gasteiger charge is -2.10. The van der Waals surface area contributed by atoms with E-state index >= 15 is 0 Å². The predicted molar refractivity (Wildman–Crippen MR) is 60.7 cm³/mol. The molecule has 0 heterocycles. The van der Waals surface area contributed by atoms with E-state index in [4.69, 9.17) is 5.73 Å². The minimum absolute atomic E-state index is 0. The molecule has 0 saturated heterocycles. The minimum Gasteiger partial charge on any atom is -0.324 e. The van der Waals surface area contributed by atoms with E-state index in [1.54, 1.807) is 19.9 Å². The number of aryl methyl sites for hydroxylation is 1. The molecule has 15 heavy (non-hydrogen) atoms. The fourth-order valence-electron chi connectivity index (χ4n) is 0.975. The summed E-state index contributed by atoms with van der Waals surface area (Å²) in [5, 5.41) is 2.55. The zero-order valence-electron chi connectivity index (χ0n) is 8.58. The Morgan fingerprint density at radius 2 is 2.13 bits per heavy atom. The van der Waals surface area contributed by atoms with Gasteiger partial charge in [0.15, 0.2) is 0 Å². The van der Waals surface area contributed by atoms with Crippen molar-refractivity contribution in [3.05, 3.63) is 29.6 Å². The number of hydrogen-bond acceptors (Lipinski definition) is 2. The molecule has 0 spiro atoms. The first-order chi connectivity index (χ1) is 6.50. The van der Waals surface area contributed by atoms with E-state index in [-0.39, 0.29) is 24.1 Å². The second-order valence-electron chi connectivity index (χ2n) is 3.24. The van der Waals surface area contributed by atoms with Crippen LogP contribution < -0.4 is 11.1 Å². The molecule has 0 unspecified atom stereocenters. The van der Waals surface area contributed by atoms with Crippen molar-refractivity contribution in [3.63, 3.8) is 0 Å². The molecule has 0 aromatic heterocycles. The number of rotatable bonds is 2. The second-order valence-corrected chi connectivity index (χ2v) is 3.24. The topological polar surface area (TPSA) is 55.1 Å². The monoisotopic (exact) mass is 232 g/mol. The molecule has 3 nitrogen and oxygen atoms in total. The van der Waals surface area contributed by atoms with Crippen LogP contribution in [0, 0.1) is 12.7 Å². The van der Waals surface area contributed by atoms with Gasteiger partial charge in [-0.3, -0.25) is 4.79 Å². The van der Waals surface area contributed by atoms with Crippen molar-refractivity contribution < 1.29 is 9.18 Å². The third-order valence-electron chi connectivity index (χ3n) is 1.87. The summed E-state index contributed by atoms with van der Waals surface area (Å²) in [5.41, 5.74) is 6.64. The van der Waals surface area contributed by atoms with E-state index in [1.807, 2.05) is 0 Å².